The molecule has 2 aromatic carbocycles. The van der Waals surface area contributed by atoms with Gasteiger partial charge in [0, 0.05) is 11.1 Å². The van der Waals surface area contributed by atoms with Crippen LogP contribution in [0.4, 0.5) is 5.95 Å². The molecule has 2 heterocycles. The van der Waals surface area contributed by atoms with Crippen LogP contribution in [0.3, 0.4) is 0 Å². The number of benzene rings is 2. The summed E-state index contributed by atoms with van der Waals surface area (Å²) in [5, 5.41) is 0. The summed E-state index contributed by atoms with van der Waals surface area (Å²) in [6, 6.07) is 16.2. The van der Waals surface area contributed by atoms with Crippen molar-refractivity contribution in [2.75, 3.05) is 5.73 Å². The molecule has 0 amide bonds. The van der Waals surface area contributed by atoms with Gasteiger partial charge in [0.2, 0.25) is 5.95 Å². The van der Waals surface area contributed by atoms with E-state index in [1.54, 1.807) is 0 Å². The molecular formula is C19H20N6. The smallest absolute Gasteiger partial charge is 0.222 e. The van der Waals surface area contributed by atoms with Crippen LogP contribution in [0.15, 0.2) is 48.5 Å². The molecule has 0 bridgehead atoms. The third kappa shape index (κ3) is 2.83. The van der Waals surface area contributed by atoms with E-state index in [-0.39, 0.29) is 12.1 Å². The lowest BCUT2D eigenvalue weighted by atomic mass is 10.1. The topological polar surface area (TPSA) is 115 Å². The monoisotopic (exact) mass is 332 g/mol. The standard InChI is InChI=1S/C19H17N5.H3N/c1-11-7-3-5-9-13(11)15-16-18(24-19(20)22-15)23-17(21-16)14-10-6-4-8-12(14)2;/h3-10H,1-2H3,(H3,20,21,22,23,24);1H3. The number of imidazole rings is 1. The second kappa shape index (κ2) is 6.33. The highest BCUT2D eigenvalue weighted by Crippen LogP contribution is 2.30. The van der Waals surface area contributed by atoms with Gasteiger partial charge in [-0.15, -0.1) is 0 Å². The Hall–Kier alpha value is -3.25. The fourth-order valence-corrected chi connectivity index (χ4v) is 2.91. The Morgan fingerprint density at radius 1 is 0.800 bits per heavy atom. The molecule has 25 heavy (non-hydrogen) atoms. The van der Waals surface area contributed by atoms with Crippen molar-refractivity contribution < 1.29 is 0 Å². The summed E-state index contributed by atoms with van der Waals surface area (Å²) in [5.74, 6) is 1.00. The fraction of sp³-hybridized carbons (Fsp3) is 0.105. The number of hydrogen-bond acceptors (Lipinski definition) is 5. The molecule has 0 radical (unpaired) electrons. The van der Waals surface area contributed by atoms with Crippen LogP contribution in [0, 0.1) is 13.8 Å². The van der Waals surface area contributed by atoms with Gasteiger partial charge in [0.15, 0.2) is 5.65 Å². The Balaban J connectivity index is 0.00000182. The van der Waals surface area contributed by atoms with E-state index in [0.29, 0.717) is 5.65 Å². The SMILES string of the molecule is Cc1ccccc1-c1nc2nc(N)nc(-c3ccccc3C)c2[nH]1.N. The van der Waals surface area contributed by atoms with Crippen LogP contribution in [0.25, 0.3) is 33.8 Å². The maximum absolute atomic E-state index is 5.91. The number of rotatable bonds is 2. The van der Waals surface area contributed by atoms with Crippen LogP contribution < -0.4 is 11.9 Å². The molecule has 6 heteroatoms. The predicted octanol–water partition coefficient (Wildman–Crippen LogP) is 4.05. The van der Waals surface area contributed by atoms with Gasteiger partial charge < -0.3 is 16.9 Å². The number of nitrogens with one attached hydrogen (secondary N) is 1. The number of nitrogen functional groups attached to an aromatic ring is 1. The van der Waals surface area contributed by atoms with Gasteiger partial charge in [-0.25, -0.2) is 9.97 Å². The van der Waals surface area contributed by atoms with Crippen molar-refractivity contribution in [3.8, 4) is 22.6 Å². The first-order valence-corrected chi connectivity index (χ1v) is 7.79. The molecule has 0 atom stereocenters. The van der Waals surface area contributed by atoms with E-state index in [1.165, 1.54) is 0 Å². The Morgan fingerprint density at radius 3 is 2.04 bits per heavy atom. The largest absolute Gasteiger partial charge is 0.368 e. The van der Waals surface area contributed by atoms with Crippen molar-refractivity contribution in [3.63, 3.8) is 0 Å². The van der Waals surface area contributed by atoms with Crippen LogP contribution >= 0.6 is 0 Å². The first kappa shape index (κ1) is 16.6. The average molecular weight is 332 g/mol. The molecule has 2 aromatic heterocycles. The molecule has 0 aliphatic carbocycles. The van der Waals surface area contributed by atoms with Crippen LogP contribution in [-0.2, 0) is 0 Å². The summed E-state index contributed by atoms with van der Waals surface area (Å²) < 4.78 is 0. The van der Waals surface area contributed by atoms with Gasteiger partial charge in [0.1, 0.15) is 17.0 Å². The van der Waals surface area contributed by atoms with E-state index < -0.39 is 0 Å². The number of fused-ring (bicyclic) bond motifs is 1. The zero-order valence-electron chi connectivity index (χ0n) is 14.2. The van der Waals surface area contributed by atoms with Crippen LogP contribution in [-0.4, -0.2) is 19.9 Å². The van der Waals surface area contributed by atoms with Crippen LogP contribution in [0.1, 0.15) is 11.1 Å². The Bertz CT molecular complexity index is 1050. The molecule has 0 fully saturated rings. The fourth-order valence-electron chi connectivity index (χ4n) is 2.91. The summed E-state index contributed by atoms with van der Waals surface area (Å²) in [7, 11) is 0. The van der Waals surface area contributed by atoms with Crippen molar-refractivity contribution in [3.05, 3.63) is 59.7 Å². The van der Waals surface area contributed by atoms with Gasteiger partial charge >= 0.3 is 0 Å². The van der Waals surface area contributed by atoms with Crippen molar-refractivity contribution >= 4 is 17.1 Å². The molecule has 0 saturated carbocycles. The molecule has 6 N–H and O–H groups in total. The van der Waals surface area contributed by atoms with Crippen molar-refractivity contribution in [2.24, 2.45) is 0 Å². The number of hydrogen-bond donors (Lipinski definition) is 3. The molecule has 4 rings (SSSR count). The normalized spacial score (nSPS) is 10.6. The van der Waals surface area contributed by atoms with Gasteiger partial charge in [-0.05, 0) is 25.0 Å². The second-order valence-corrected chi connectivity index (χ2v) is 5.84. The first-order chi connectivity index (χ1) is 11.6. The number of anilines is 1. The zero-order valence-corrected chi connectivity index (χ0v) is 14.2. The number of aromatic amines is 1. The van der Waals surface area contributed by atoms with Crippen molar-refractivity contribution in [1.82, 2.24) is 26.1 Å². The summed E-state index contributed by atoms with van der Waals surface area (Å²) >= 11 is 0. The minimum Gasteiger partial charge on any atom is -0.368 e. The van der Waals surface area contributed by atoms with Crippen molar-refractivity contribution in [2.45, 2.75) is 13.8 Å². The molecule has 0 aliphatic heterocycles. The van der Waals surface area contributed by atoms with Gasteiger partial charge in [-0.1, -0.05) is 48.5 Å². The van der Waals surface area contributed by atoms with E-state index in [2.05, 4.69) is 45.9 Å². The molecule has 0 unspecified atom stereocenters. The maximum atomic E-state index is 5.91. The van der Waals surface area contributed by atoms with Gasteiger partial charge in [-0.3, -0.25) is 0 Å². The molecule has 126 valence electrons. The molecular weight excluding hydrogens is 312 g/mol. The lowest BCUT2D eigenvalue weighted by molar-refractivity contribution is 1.21. The average Bonchev–Trinajstić information content (AvgIpc) is 2.98. The lowest BCUT2D eigenvalue weighted by Gasteiger charge is -2.06. The van der Waals surface area contributed by atoms with Gasteiger partial charge in [-0.2, -0.15) is 4.98 Å². The predicted molar refractivity (Wildman–Crippen MR) is 101 cm³/mol. The zero-order chi connectivity index (χ0) is 16.7. The van der Waals surface area contributed by atoms with Crippen LogP contribution in [0.5, 0.6) is 0 Å². The van der Waals surface area contributed by atoms with E-state index in [1.807, 2.05) is 36.4 Å². The third-order valence-electron chi connectivity index (χ3n) is 4.17. The second-order valence-electron chi connectivity index (χ2n) is 5.84. The maximum Gasteiger partial charge on any atom is 0.222 e. The highest BCUT2D eigenvalue weighted by atomic mass is 15.1. The molecule has 0 saturated heterocycles. The number of aryl methyl sites for hydroxylation is 2. The quantitative estimate of drug-likeness (QED) is 0.512. The van der Waals surface area contributed by atoms with Gasteiger partial charge in [0.25, 0.3) is 0 Å². The van der Waals surface area contributed by atoms with Crippen LogP contribution in [0.2, 0.25) is 0 Å². The van der Waals surface area contributed by atoms with E-state index in [9.17, 15) is 0 Å². The number of nitrogens with two attached hydrogens (primary N) is 1. The summed E-state index contributed by atoms with van der Waals surface area (Å²) in [4.78, 5) is 16.8. The highest BCUT2D eigenvalue weighted by molar-refractivity contribution is 5.91. The Kier molecular flexibility index (Phi) is 4.21. The van der Waals surface area contributed by atoms with E-state index in [0.717, 1.165) is 39.3 Å². The summed E-state index contributed by atoms with van der Waals surface area (Å²) in [6.07, 6.45) is 0. The number of nitrogens with zero attached hydrogens (tertiary/aromatic N) is 3. The minimum atomic E-state index is 0. The molecule has 0 aliphatic rings. The highest BCUT2D eigenvalue weighted by Gasteiger charge is 2.16. The summed E-state index contributed by atoms with van der Waals surface area (Å²) in [5.41, 5.74) is 12.4. The van der Waals surface area contributed by atoms with Gasteiger partial charge in [0.05, 0.1) is 0 Å². The van der Waals surface area contributed by atoms with E-state index >= 15 is 0 Å². The first-order valence-electron chi connectivity index (χ1n) is 7.79. The molecule has 6 nitrogen and oxygen atoms in total. The number of H-pyrrole nitrogens is 1. The minimum absolute atomic E-state index is 0. The molecule has 0 spiro atoms. The van der Waals surface area contributed by atoms with E-state index in [4.69, 9.17) is 5.73 Å². The third-order valence-corrected chi connectivity index (χ3v) is 4.17. The van der Waals surface area contributed by atoms with Crippen molar-refractivity contribution in [1.29, 1.82) is 0 Å². The summed E-state index contributed by atoms with van der Waals surface area (Å²) in [6.45, 7) is 4.11. The lowest BCUT2D eigenvalue weighted by Crippen LogP contribution is -1.98. The Morgan fingerprint density at radius 2 is 1.40 bits per heavy atom. The molecule has 4 aromatic rings. The number of aromatic nitrogens is 4. The Labute approximate surface area is 145 Å².